The molecule has 0 amide bonds. The number of hydrogen-bond acceptors (Lipinski definition) is 2. The van der Waals surface area contributed by atoms with Crippen LogP contribution in [0.5, 0.6) is 5.75 Å². The van der Waals surface area contributed by atoms with Crippen LogP contribution < -0.4 is 4.74 Å². The van der Waals surface area contributed by atoms with Crippen LogP contribution in [0.3, 0.4) is 0 Å². The van der Waals surface area contributed by atoms with E-state index in [0.717, 1.165) is 30.1 Å². The van der Waals surface area contributed by atoms with Crippen molar-refractivity contribution in [2.45, 2.75) is 44.5 Å². The molecule has 0 unspecified atom stereocenters. The molecule has 1 heterocycles. The van der Waals surface area contributed by atoms with Gasteiger partial charge in [0, 0.05) is 18.2 Å². The highest BCUT2D eigenvalue weighted by Gasteiger charge is 2.24. The van der Waals surface area contributed by atoms with Crippen LogP contribution in [-0.4, -0.2) is 16.7 Å². The number of imidazole rings is 1. The lowest BCUT2D eigenvalue weighted by atomic mass is 9.87. The van der Waals surface area contributed by atoms with Gasteiger partial charge in [0.25, 0.3) is 0 Å². The van der Waals surface area contributed by atoms with Crippen LogP contribution in [0.15, 0.2) is 12.1 Å². The Balaban J connectivity index is 2.10. The molecule has 3 rings (SSSR count). The summed E-state index contributed by atoms with van der Waals surface area (Å²) in [6, 6.07) is 3.58. The van der Waals surface area contributed by atoms with Gasteiger partial charge in [-0.3, -0.25) is 0 Å². The van der Waals surface area contributed by atoms with Gasteiger partial charge >= 0.3 is 0 Å². The maximum atomic E-state index is 13.9. The van der Waals surface area contributed by atoms with E-state index in [9.17, 15) is 4.39 Å². The number of rotatable bonds is 3. The fourth-order valence-electron chi connectivity index (χ4n) is 3.31. The third kappa shape index (κ3) is 2.61. The van der Waals surface area contributed by atoms with E-state index in [1.807, 2.05) is 0 Å². The second-order valence-corrected chi connectivity index (χ2v) is 6.19. The molecule has 1 aromatic carbocycles. The quantitative estimate of drug-likeness (QED) is 0.770. The first kappa shape index (κ1) is 14.6. The third-order valence-corrected chi connectivity index (χ3v) is 4.75. The number of fused-ring (bicyclic) bond motifs is 1. The zero-order chi connectivity index (χ0) is 15.0. The van der Waals surface area contributed by atoms with Crippen molar-refractivity contribution in [3.63, 3.8) is 0 Å². The van der Waals surface area contributed by atoms with E-state index in [1.165, 1.54) is 26.0 Å². The van der Waals surface area contributed by atoms with Gasteiger partial charge in [0.2, 0.25) is 0 Å². The Morgan fingerprint density at radius 3 is 2.67 bits per heavy atom. The molecule has 1 saturated carbocycles. The third-order valence-electron chi connectivity index (χ3n) is 4.51. The smallest absolute Gasteiger partial charge is 0.167 e. The lowest BCUT2D eigenvalue weighted by molar-refractivity contribution is 0.290. The lowest BCUT2D eigenvalue weighted by Gasteiger charge is -2.28. The predicted octanol–water partition coefficient (Wildman–Crippen LogP) is 4.67. The summed E-state index contributed by atoms with van der Waals surface area (Å²) in [5.74, 6) is 1.81. The summed E-state index contributed by atoms with van der Waals surface area (Å²) in [6.45, 7) is 2.29. The van der Waals surface area contributed by atoms with Crippen LogP contribution >= 0.6 is 11.6 Å². The van der Waals surface area contributed by atoms with E-state index in [2.05, 4.69) is 16.5 Å². The summed E-state index contributed by atoms with van der Waals surface area (Å²) in [5.41, 5.74) is 1.58. The molecule has 0 bridgehead atoms. The highest BCUT2D eigenvalue weighted by Crippen LogP contribution is 2.36. The highest BCUT2D eigenvalue weighted by molar-refractivity contribution is 6.16. The Morgan fingerprint density at radius 2 is 2.05 bits per heavy atom. The van der Waals surface area contributed by atoms with Gasteiger partial charge in [-0.05, 0) is 31.6 Å². The van der Waals surface area contributed by atoms with Crippen LogP contribution in [0.25, 0.3) is 11.0 Å². The van der Waals surface area contributed by atoms with Crippen LogP contribution in [0.2, 0.25) is 0 Å². The number of hydrogen-bond donors (Lipinski definition) is 0. The maximum Gasteiger partial charge on any atom is 0.167 e. The molecule has 1 aliphatic rings. The predicted molar refractivity (Wildman–Crippen MR) is 82.5 cm³/mol. The van der Waals surface area contributed by atoms with Gasteiger partial charge in [-0.15, -0.1) is 11.6 Å². The Morgan fingerprint density at radius 1 is 1.33 bits per heavy atom. The SMILES string of the molecule is COc1cc2c(cc1F)nc(CCl)n2C1CCC(C)CC1. The molecule has 21 heavy (non-hydrogen) atoms. The van der Waals surface area contributed by atoms with Gasteiger partial charge < -0.3 is 9.30 Å². The number of methoxy groups -OCH3 is 1. The number of nitrogens with zero attached hydrogens (tertiary/aromatic N) is 2. The van der Waals surface area contributed by atoms with E-state index in [4.69, 9.17) is 16.3 Å². The Hall–Kier alpha value is -1.29. The molecule has 0 saturated heterocycles. The first-order chi connectivity index (χ1) is 10.1. The first-order valence-electron chi connectivity index (χ1n) is 7.44. The van der Waals surface area contributed by atoms with Crippen molar-refractivity contribution >= 4 is 22.6 Å². The summed E-state index contributed by atoms with van der Waals surface area (Å²) in [4.78, 5) is 4.50. The molecule has 1 aromatic heterocycles. The van der Waals surface area contributed by atoms with E-state index < -0.39 is 0 Å². The average Bonchev–Trinajstić information content (AvgIpc) is 2.84. The molecule has 0 atom stereocenters. The lowest BCUT2D eigenvalue weighted by Crippen LogP contribution is -2.18. The van der Waals surface area contributed by atoms with Gasteiger partial charge in [-0.25, -0.2) is 9.37 Å². The van der Waals surface area contributed by atoms with E-state index in [1.54, 1.807) is 6.07 Å². The van der Waals surface area contributed by atoms with Crippen LogP contribution in [0, 0.1) is 11.7 Å². The largest absolute Gasteiger partial charge is 0.494 e. The second-order valence-electron chi connectivity index (χ2n) is 5.92. The Labute approximate surface area is 129 Å². The standard InChI is InChI=1S/C16H20ClFN2O/c1-10-3-5-11(6-4-10)20-14-8-15(21-2)12(18)7-13(14)19-16(20)9-17/h7-8,10-11H,3-6,9H2,1-2H3. The minimum Gasteiger partial charge on any atom is -0.494 e. The average molecular weight is 311 g/mol. The van der Waals surface area contributed by atoms with E-state index in [-0.39, 0.29) is 11.6 Å². The van der Waals surface area contributed by atoms with Crippen molar-refractivity contribution in [3.05, 3.63) is 23.8 Å². The van der Waals surface area contributed by atoms with Crippen LogP contribution in [-0.2, 0) is 5.88 Å². The Kier molecular flexibility index (Phi) is 4.07. The highest BCUT2D eigenvalue weighted by atomic mass is 35.5. The molecule has 0 N–H and O–H groups in total. The van der Waals surface area contributed by atoms with Crippen molar-refractivity contribution in [2.24, 2.45) is 5.92 Å². The van der Waals surface area contributed by atoms with Crippen LogP contribution in [0.1, 0.15) is 44.5 Å². The van der Waals surface area contributed by atoms with Crippen molar-refractivity contribution < 1.29 is 9.13 Å². The number of alkyl halides is 1. The zero-order valence-electron chi connectivity index (χ0n) is 12.4. The van der Waals surface area contributed by atoms with Crippen LogP contribution in [0.4, 0.5) is 4.39 Å². The monoisotopic (exact) mass is 310 g/mol. The molecule has 3 nitrogen and oxygen atoms in total. The fraction of sp³-hybridized carbons (Fsp3) is 0.562. The normalized spacial score (nSPS) is 22.7. The molecular formula is C16H20ClFN2O. The summed E-state index contributed by atoms with van der Waals surface area (Å²) in [5, 5.41) is 0. The van der Waals surface area contributed by atoms with Crippen molar-refractivity contribution in [3.8, 4) is 5.75 Å². The van der Waals surface area contributed by atoms with Crippen molar-refractivity contribution in [2.75, 3.05) is 7.11 Å². The number of benzene rings is 1. The number of halogens is 2. The first-order valence-corrected chi connectivity index (χ1v) is 7.97. The van der Waals surface area contributed by atoms with Crippen molar-refractivity contribution in [1.29, 1.82) is 0 Å². The van der Waals surface area contributed by atoms with Gasteiger partial charge in [-0.2, -0.15) is 0 Å². The van der Waals surface area contributed by atoms with Gasteiger partial charge in [0.05, 0.1) is 24.0 Å². The summed E-state index contributed by atoms with van der Waals surface area (Å²) >= 11 is 6.06. The zero-order valence-corrected chi connectivity index (χ0v) is 13.2. The number of ether oxygens (including phenoxy) is 1. The summed E-state index contributed by atoms with van der Waals surface area (Å²) in [6.07, 6.45) is 4.67. The Bertz CT molecular complexity index is 647. The maximum absolute atomic E-state index is 13.9. The molecule has 5 heteroatoms. The molecule has 1 aliphatic carbocycles. The van der Waals surface area contributed by atoms with Gasteiger partial charge in [0.15, 0.2) is 11.6 Å². The molecule has 0 aliphatic heterocycles. The molecule has 1 fully saturated rings. The van der Waals surface area contributed by atoms with Gasteiger partial charge in [0.1, 0.15) is 5.82 Å². The summed E-state index contributed by atoms with van der Waals surface area (Å²) in [7, 11) is 1.48. The topological polar surface area (TPSA) is 27.1 Å². The fourth-order valence-corrected chi connectivity index (χ4v) is 3.49. The molecule has 0 radical (unpaired) electrons. The summed E-state index contributed by atoms with van der Waals surface area (Å²) < 4.78 is 21.1. The van der Waals surface area contributed by atoms with E-state index in [0.29, 0.717) is 17.4 Å². The second kappa shape index (κ2) is 5.84. The molecule has 114 valence electrons. The molecular weight excluding hydrogens is 291 g/mol. The minimum absolute atomic E-state index is 0.258. The molecule has 0 spiro atoms. The van der Waals surface area contributed by atoms with Gasteiger partial charge in [-0.1, -0.05) is 6.92 Å². The molecule has 2 aromatic rings. The van der Waals surface area contributed by atoms with Crippen molar-refractivity contribution in [1.82, 2.24) is 9.55 Å². The van der Waals surface area contributed by atoms with E-state index >= 15 is 0 Å². The number of aromatic nitrogens is 2. The minimum atomic E-state index is -0.381.